The highest BCUT2D eigenvalue weighted by Gasteiger charge is 2.23. The molecule has 0 aliphatic rings. The van der Waals surface area contributed by atoms with E-state index in [9.17, 15) is 9.59 Å². The van der Waals surface area contributed by atoms with Crippen molar-refractivity contribution in [2.75, 3.05) is 25.5 Å². The maximum atomic E-state index is 12.6. The zero-order chi connectivity index (χ0) is 20.6. The number of nitrogens with one attached hydrogen (secondary N) is 1. The Bertz CT molecular complexity index is 945. The number of para-hydroxylation sites is 1. The van der Waals surface area contributed by atoms with Crippen molar-refractivity contribution in [3.63, 3.8) is 0 Å². The van der Waals surface area contributed by atoms with Gasteiger partial charge in [0.25, 0.3) is 5.91 Å². The molecule has 0 saturated carbocycles. The molecule has 0 fully saturated rings. The van der Waals surface area contributed by atoms with Crippen LogP contribution in [0.3, 0.4) is 0 Å². The molecule has 2 aromatic carbocycles. The van der Waals surface area contributed by atoms with Crippen LogP contribution in [0.1, 0.15) is 17.4 Å². The van der Waals surface area contributed by atoms with Gasteiger partial charge in [-0.05, 0) is 24.3 Å². The average Bonchev–Trinajstić information content (AvgIpc) is 3.25. The lowest BCUT2D eigenvalue weighted by Gasteiger charge is -2.18. The van der Waals surface area contributed by atoms with Crippen LogP contribution < -0.4 is 10.6 Å². The Morgan fingerprint density at radius 3 is 2.48 bits per heavy atom. The van der Waals surface area contributed by atoms with Crippen LogP contribution in [-0.4, -0.2) is 36.9 Å². The molecule has 0 unspecified atom stereocenters. The van der Waals surface area contributed by atoms with Crippen molar-refractivity contribution in [1.82, 2.24) is 4.90 Å². The molecule has 1 aromatic heterocycles. The molecule has 3 N–H and O–H groups in total. The third kappa shape index (κ3) is 5.70. The first-order valence-electron chi connectivity index (χ1n) is 9.24. The molecule has 0 spiro atoms. The number of likely N-dealkylation sites (N-methyl/N-ethyl adjacent to an activating group) is 1. The standard InChI is InChI=1S/C22H22ClN3O3/c1-26(15-20(27)25-18-11-6-5-10-17(18)23)21(28)14-24-22(19-12-7-13-29-19)16-8-3-2-4-9-16/h2-13,22,24H,14-15H2,1H3,(H,25,27)/p+1/t22-/m1/s1. The molecule has 6 nitrogen and oxygen atoms in total. The molecule has 0 aliphatic carbocycles. The second-order valence-electron chi connectivity index (χ2n) is 6.62. The van der Waals surface area contributed by atoms with Crippen molar-refractivity contribution in [2.45, 2.75) is 6.04 Å². The number of nitrogens with zero attached hydrogens (tertiary/aromatic N) is 1. The molecule has 0 saturated heterocycles. The van der Waals surface area contributed by atoms with E-state index in [0.717, 1.165) is 11.3 Å². The highest BCUT2D eigenvalue weighted by atomic mass is 35.5. The van der Waals surface area contributed by atoms with Gasteiger partial charge in [0, 0.05) is 12.6 Å². The molecule has 1 atom stereocenters. The smallest absolute Gasteiger partial charge is 0.277 e. The second-order valence-corrected chi connectivity index (χ2v) is 7.03. The van der Waals surface area contributed by atoms with E-state index in [4.69, 9.17) is 16.0 Å². The molecule has 3 rings (SSSR count). The molecule has 7 heteroatoms. The van der Waals surface area contributed by atoms with Gasteiger partial charge in [0.1, 0.15) is 0 Å². The Kier molecular flexibility index (Phi) is 7.05. The summed E-state index contributed by atoms with van der Waals surface area (Å²) in [6.07, 6.45) is 1.62. The largest absolute Gasteiger partial charge is 0.463 e. The highest BCUT2D eigenvalue weighted by molar-refractivity contribution is 6.33. The SMILES string of the molecule is CN(CC(=O)Nc1ccccc1Cl)C(=O)C[NH2+][C@H](c1ccccc1)c1ccco1. The molecule has 0 radical (unpaired) electrons. The van der Waals surface area contributed by atoms with Gasteiger partial charge in [-0.25, -0.2) is 0 Å². The molecule has 150 valence electrons. The third-order valence-electron chi connectivity index (χ3n) is 4.49. The number of nitrogens with two attached hydrogens (primary N) is 1. The average molecular weight is 413 g/mol. The third-order valence-corrected chi connectivity index (χ3v) is 4.82. The van der Waals surface area contributed by atoms with Crippen molar-refractivity contribution in [3.05, 3.63) is 89.3 Å². The van der Waals surface area contributed by atoms with E-state index < -0.39 is 0 Å². The first-order chi connectivity index (χ1) is 14.0. The number of rotatable bonds is 8. The van der Waals surface area contributed by atoms with Crippen molar-refractivity contribution < 1.29 is 19.3 Å². The van der Waals surface area contributed by atoms with Gasteiger partial charge in [0.05, 0.1) is 23.5 Å². The van der Waals surface area contributed by atoms with Gasteiger partial charge in [-0.1, -0.05) is 54.1 Å². The predicted molar refractivity (Wildman–Crippen MR) is 112 cm³/mol. The zero-order valence-electron chi connectivity index (χ0n) is 16.0. The zero-order valence-corrected chi connectivity index (χ0v) is 16.8. The molecule has 1 heterocycles. The summed E-state index contributed by atoms with van der Waals surface area (Å²) >= 11 is 6.05. The molecule has 3 aromatic rings. The van der Waals surface area contributed by atoms with E-state index in [2.05, 4.69) is 5.32 Å². The monoisotopic (exact) mass is 412 g/mol. The minimum absolute atomic E-state index is 0.0609. The minimum Gasteiger partial charge on any atom is -0.463 e. The van der Waals surface area contributed by atoms with E-state index in [0.29, 0.717) is 10.7 Å². The molecular weight excluding hydrogens is 390 g/mol. The fourth-order valence-electron chi connectivity index (χ4n) is 2.98. The summed E-state index contributed by atoms with van der Waals surface area (Å²) in [6, 6.07) is 20.4. The van der Waals surface area contributed by atoms with Gasteiger partial charge in [-0.2, -0.15) is 0 Å². The summed E-state index contributed by atoms with van der Waals surface area (Å²) in [5.41, 5.74) is 1.56. The van der Waals surface area contributed by atoms with Crippen LogP contribution in [0.5, 0.6) is 0 Å². The van der Waals surface area contributed by atoms with E-state index in [1.54, 1.807) is 37.6 Å². The Morgan fingerprint density at radius 2 is 1.79 bits per heavy atom. The number of furan rings is 1. The molecule has 0 aliphatic heterocycles. The Balaban J connectivity index is 1.57. The van der Waals surface area contributed by atoms with Gasteiger partial charge < -0.3 is 20.0 Å². The van der Waals surface area contributed by atoms with Crippen LogP contribution >= 0.6 is 11.6 Å². The van der Waals surface area contributed by atoms with Gasteiger partial charge in [0.15, 0.2) is 18.3 Å². The van der Waals surface area contributed by atoms with Crippen molar-refractivity contribution >= 4 is 29.1 Å². The topological polar surface area (TPSA) is 79.2 Å². The van der Waals surface area contributed by atoms with Gasteiger partial charge in [0.2, 0.25) is 5.91 Å². The maximum Gasteiger partial charge on any atom is 0.277 e. The summed E-state index contributed by atoms with van der Waals surface area (Å²) in [4.78, 5) is 26.2. The molecule has 2 amide bonds. The first-order valence-corrected chi connectivity index (χ1v) is 9.62. The quantitative estimate of drug-likeness (QED) is 0.597. The Hall–Kier alpha value is -3.09. The van der Waals surface area contributed by atoms with Crippen molar-refractivity contribution in [1.29, 1.82) is 0 Å². The number of benzene rings is 2. The van der Waals surface area contributed by atoms with Crippen LogP contribution in [0.2, 0.25) is 5.02 Å². The number of amides is 2. The number of hydrogen-bond donors (Lipinski definition) is 2. The lowest BCUT2D eigenvalue weighted by molar-refractivity contribution is -0.679. The Labute approximate surface area is 174 Å². The molecule has 0 bridgehead atoms. The summed E-state index contributed by atoms with van der Waals surface area (Å²) in [5, 5.41) is 5.07. The number of halogens is 1. The van der Waals surface area contributed by atoms with Gasteiger partial charge >= 0.3 is 0 Å². The fourth-order valence-corrected chi connectivity index (χ4v) is 3.16. The lowest BCUT2D eigenvalue weighted by Crippen LogP contribution is -2.87. The first kappa shape index (κ1) is 20.6. The van der Waals surface area contributed by atoms with Gasteiger partial charge in [-0.15, -0.1) is 0 Å². The number of quaternary nitrogens is 1. The van der Waals surface area contributed by atoms with Crippen LogP contribution in [0.15, 0.2) is 77.4 Å². The minimum atomic E-state index is -0.306. The van der Waals surface area contributed by atoms with Crippen LogP contribution in [0.25, 0.3) is 0 Å². The van der Waals surface area contributed by atoms with Crippen LogP contribution in [-0.2, 0) is 9.59 Å². The maximum absolute atomic E-state index is 12.6. The lowest BCUT2D eigenvalue weighted by atomic mass is 10.0. The summed E-state index contributed by atoms with van der Waals surface area (Å²) in [7, 11) is 1.60. The van der Waals surface area contributed by atoms with E-state index in [1.807, 2.05) is 47.8 Å². The van der Waals surface area contributed by atoms with Crippen molar-refractivity contribution in [3.8, 4) is 0 Å². The second kappa shape index (κ2) is 9.91. The Morgan fingerprint density at radius 1 is 1.07 bits per heavy atom. The number of carbonyl (C=O) groups excluding carboxylic acids is 2. The number of carbonyl (C=O) groups is 2. The van der Waals surface area contributed by atoms with E-state index >= 15 is 0 Å². The fraction of sp³-hybridized carbons (Fsp3) is 0.182. The normalized spacial score (nSPS) is 11.7. The van der Waals surface area contributed by atoms with E-state index in [1.165, 1.54) is 4.90 Å². The highest BCUT2D eigenvalue weighted by Crippen LogP contribution is 2.20. The molecule has 29 heavy (non-hydrogen) atoms. The number of hydrogen-bond acceptors (Lipinski definition) is 3. The van der Waals surface area contributed by atoms with Crippen LogP contribution in [0.4, 0.5) is 5.69 Å². The van der Waals surface area contributed by atoms with E-state index in [-0.39, 0.29) is 30.9 Å². The predicted octanol–water partition coefficient (Wildman–Crippen LogP) is 2.68. The summed E-state index contributed by atoms with van der Waals surface area (Å²) in [6.45, 7) is 0.116. The summed E-state index contributed by atoms with van der Waals surface area (Å²) < 4.78 is 5.55. The van der Waals surface area contributed by atoms with Crippen LogP contribution in [0, 0.1) is 0 Å². The molecular formula is C22H23ClN3O3+. The summed E-state index contributed by atoms with van der Waals surface area (Å²) in [5.74, 6) is 0.300. The van der Waals surface area contributed by atoms with Crippen molar-refractivity contribution in [2.24, 2.45) is 0 Å². The number of anilines is 1. The van der Waals surface area contributed by atoms with Gasteiger partial charge in [-0.3, -0.25) is 9.59 Å².